The molecule has 0 spiro atoms. The Morgan fingerprint density at radius 1 is 1.42 bits per heavy atom. The number of methoxy groups -OCH3 is 1. The van der Waals surface area contributed by atoms with E-state index < -0.39 is 49.3 Å². The highest BCUT2D eigenvalue weighted by atomic mass is 32.1. The average molecular weight is 373 g/mol. The lowest BCUT2D eigenvalue weighted by Crippen LogP contribution is -2.60. The molecule has 0 bridgehead atoms. The van der Waals surface area contributed by atoms with Crippen LogP contribution in [0.25, 0.3) is 0 Å². The molecule has 10 heteroatoms. The highest BCUT2D eigenvalue weighted by molar-refractivity contribution is 7.78. The Bertz CT molecular complexity index is 319. The van der Waals surface area contributed by atoms with Crippen molar-refractivity contribution >= 4 is 18.8 Å². The Hall–Kier alpha value is -0.460. The summed E-state index contributed by atoms with van der Waals surface area (Å²) in [4.78, 5) is 9.00. The molecule has 1 rings (SSSR count). The number of carbonyl (C=O) groups is 1. The summed E-state index contributed by atoms with van der Waals surface area (Å²) in [6.07, 6.45) is -3.66. The SMILES string of the molecule is CC(=O)O.CCC.COC1CC(O)C(NS)C(C(O)C(O)CO)O1. The molecule has 0 aliphatic carbocycles. The predicted molar refractivity (Wildman–Crippen MR) is 90.6 cm³/mol. The average Bonchev–Trinajstić information content (AvgIpc) is 2.52. The normalized spacial score (nSPS) is 28.5. The van der Waals surface area contributed by atoms with Crippen molar-refractivity contribution in [2.45, 2.75) is 70.4 Å². The van der Waals surface area contributed by atoms with Crippen LogP contribution in [0.15, 0.2) is 0 Å². The molecular weight excluding hydrogens is 342 g/mol. The predicted octanol–water partition coefficient (Wildman–Crippen LogP) is -0.867. The van der Waals surface area contributed by atoms with Gasteiger partial charge >= 0.3 is 0 Å². The Morgan fingerprint density at radius 2 is 1.88 bits per heavy atom. The lowest BCUT2D eigenvalue weighted by Gasteiger charge is -2.41. The van der Waals surface area contributed by atoms with Gasteiger partial charge in [0, 0.05) is 20.5 Å². The van der Waals surface area contributed by atoms with Crippen LogP contribution in [0.3, 0.4) is 0 Å². The van der Waals surface area contributed by atoms with Crippen molar-refractivity contribution in [2.24, 2.45) is 0 Å². The Morgan fingerprint density at radius 3 is 2.21 bits per heavy atom. The molecule has 0 aromatic rings. The lowest BCUT2D eigenvalue weighted by molar-refractivity contribution is -0.243. The van der Waals surface area contributed by atoms with Crippen molar-refractivity contribution < 1.29 is 39.8 Å². The van der Waals surface area contributed by atoms with Crippen molar-refractivity contribution in [3.8, 4) is 0 Å². The molecule has 1 saturated heterocycles. The highest BCUT2D eigenvalue weighted by Crippen LogP contribution is 2.24. The molecule has 1 aliphatic heterocycles. The van der Waals surface area contributed by atoms with Crippen LogP contribution in [0.1, 0.15) is 33.6 Å². The molecule has 0 amide bonds. The maximum atomic E-state index is 9.82. The molecule has 9 nitrogen and oxygen atoms in total. The zero-order chi connectivity index (χ0) is 19.3. The standard InChI is InChI=1S/C9H19NO6S.C3H8.C2H4O2/c1-15-6-2-4(12)7(10-17)9(16-6)8(14)5(13)3-11;1-3-2;1-2(3)4/h4-14,17H,2-3H2,1H3;3H2,1-2H3;1H3,(H,3,4). The number of aliphatic hydroxyl groups excluding tert-OH is 4. The van der Waals surface area contributed by atoms with Gasteiger partial charge in [-0.1, -0.05) is 33.1 Å². The third-order valence-electron chi connectivity index (χ3n) is 2.84. The molecular formula is C14H31NO8S. The molecule has 1 heterocycles. The van der Waals surface area contributed by atoms with E-state index in [2.05, 4.69) is 31.4 Å². The topological polar surface area (TPSA) is 149 Å². The van der Waals surface area contributed by atoms with Crippen LogP contribution in [0.2, 0.25) is 0 Å². The van der Waals surface area contributed by atoms with Crippen molar-refractivity contribution in [3.05, 3.63) is 0 Å². The summed E-state index contributed by atoms with van der Waals surface area (Å²) < 4.78 is 12.9. The van der Waals surface area contributed by atoms with E-state index in [-0.39, 0.29) is 6.42 Å². The minimum Gasteiger partial charge on any atom is -0.481 e. The minimum atomic E-state index is -1.35. The number of hydrogen-bond acceptors (Lipinski definition) is 9. The highest BCUT2D eigenvalue weighted by Gasteiger charge is 2.43. The monoisotopic (exact) mass is 373 g/mol. The van der Waals surface area contributed by atoms with Gasteiger partial charge < -0.3 is 35.0 Å². The second kappa shape index (κ2) is 14.8. The second-order valence-electron chi connectivity index (χ2n) is 5.19. The summed E-state index contributed by atoms with van der Waals surface area (Å²) in [5, 5.41) is 45.2. The first-order valence-electron chi connectivity index (χ1n) is 7.62. The smallest absolute Gasteiger partial charge is 0.300 e. The van der Waals surface area contributed by atoms with Crippen molar-refractivity contribution in [3.63, 3.8) is 0 Å². The quantitative estimate of drug-likeness (QED) is 0.305. The van der Waals surface area contributed by atoms with E-state index in [4.69, 9.17) is 24.5 Å². The van der Waals surface area contributed by atoms with Gasteiger partial charge in [0.15, 0.2) is 6.29 Å². The summed E-state index contributed by atoms with van der Waals surface area (Å²) in [5.41, 5.74) is 0. The van der Waals surface area contributed by atoms with Crippen LogP contribution < -0.4 is 4.72 Å². The number of carboxylic acid groups (broad SMARTS) is 1. The number of hydrogen-bond donors (Lipinski definition) is 7. The third-order valence-corrected chi connectivity index (χ3v) is 3.14. The maximum Gasteiger partial charge on any atom is 0.300 e. The van der Waals surface area contributed by atoms with Gasteiger partial charge in [0.05, 0.1) is 18.8 Å². The zero-order valence-corrected chi connectivity index (χ0v) is 15.4. The molecule has 24 heavy (non-hydrogen) atoms. The fraction of sp³-hybridized carbons (Fsp3) is 0.929. The van der Waals surface area contributed by atoms with Gasteiger partial charge in [-0.3, -0.25) is 9.52 Å². The van der Waals surface area contributed by atoms with E-state index in [1.165, 1.54) is 13.5 Å². The molecule has 0 radical (unpaired) electrons. The fourth-order valence-electron chi connectivity index (χ4n) is 1.81. The largest absolute Gasteiger partial charge is 0.481 e. The first-order valence-corrected chi connectivity index (χ1v) is 8.07. The Kier molecular flexibility index (Phi) is 15.9. The minimum absolute atomic E-state index is 0.229. The van der Waals surface area contributed by atoms with Gasteiger partial charge in [0.25, 0.3) is 5.97 Å². The summed E-state index contributed by atoms with van der Waals surface area (Å²) in [5.74, 6) is -0.833. The summed E-state index contributed by atoms with van der Waals surface area (Å²) in [7, 11) is 1.41. The van der Waals surface area contributed by atoms with Gasteiger partial charge in [-0.15, -0.1) is 0 Å². The van der Waals surface area contributed by atoms with E-state index in [0.717, 1.165) is 6.92 Å². The Balaban J connectivity index is 0. The lowest BCUT2D eigenvalue weighted by atomic mass is 9.93. The number of nitrogens with one attached hydrogen (secondary N) is 1. The zero-order valence-electron chi connectivity index (χ0n) is 14.5. The van der Waals surface area contributed by atoms with Crippen LogP contribution in [0.4, 0.5) is 0 Å². The van der Waals surface area contributed by atoms with Gasteiger partial charge in [-0.2, -0.15) is 0 Å². The number of aliphatic carboxylic acids is 1. The van der Waals surface area contributed by atoms with Crippen molar-refractivity contribution in [1.29, 1.82) is 0 Å². The molecule has 6 N–H and O–H groups in total. The van der Waals surface area contributed by atoms with E-state index in [9.17, 15) is 15.3 Å². The van der Waals surface area contributed by atoms with Crippen LogP contribution in [-0.2, 0) is 14.3 Å². The van der Waals surface area contributed by atoms with Crippen LogP contribution >= 0.6 is 12.8 Å². The molecule has 6 atom stereocenters. The number of thiol groups is 1. The number of aliphatic hydroxyl groups is 4. The molecule has 6 unspecified atom stereocenters. The van der Waals surface area contributed by atoms with Crippen LogP contribution in [0.5, 0.6) is 0 Å². The number of rotatable bonds is 5. The molecule has 1 aliphatic rings. The molecule has 1 fully saturated rings. The van der Waals surface area contributed by atoms with Crippen molar-refractivity contribution in [1.82, 2.24) is 4.72 Å². The molecule has 146 valence electrons. The summed E-state index contributed by atoms with van der Waals surface area (Å²) in [6, 6.07) is -0.666. The van der Waals surface area contributed by atoms with E-state index in [0.29, 0.717) is 0 Å². The van der Waals surface area contributed by atoms with E-state index in [1.54, 1.807) is 0 Å². The maximum absolute atomic E-state index is 9.82. The summed E-state index contributed by atoms with van der Waals surface area (Å²) >= 11 is 3.85. The van der Waals surface area contributed by atoms with Gasteiger partial charge in [0.1, 0.15) is 18.3 Å². The fourth-order valence-corrected chi connectivity index (χ4v) is 2.13. The molecule has 0 aromatic heterocycles. The number of carboxylic acids is 1. The first-order chi connectivity index (χ1) is 11.2. The van der Waals surface area contributed by atoms with Crippen LogP contribution in [-0.4, -0.2) is 82.0 Å². The first kappa shape index (κ1) is 25.8. The van der Waals surface area contributed by atoms with Crippen LogP contribution in [0, 0.1) is 0 Å². The Labute approximate surface area is 148 Å². The summed E-state index contributed by atoms with van der Waals surface area (Å²) in [6.45, 7) is 4.73. The molecule has 0 aromatic carbocycles. The van der Waals surface area contributed by atoms with E-state index in [1.807, 2.05) is 0 Å². The van der Waals surface area contributed by atoms with Gasteiger partial charge in [-0.05, 0) is 0 Å². The van der Waals surface area contributed by atoms with Gasteiger partial charge in [0.2, 0.25) is 0 Å². The second-order valence-corrected chi connectivity index (χ2v) is 5.45. The van der Waals surface area contributed by atoms with E-state index >= 15 is 0 Å². The third kappa shape index (κ3) is 10.4. The van der Waals surface area contributed by atoms with Gasteiger partial charge in [-0.25, -0.2) is 0 Å². The number of ether oxygens (including phenoxy) is 2. The van der Waals surface area contributed by atoms with Crippen molar-refractivity contribution in [2.75, 3.05) is 13.7 Å². The molecule has 0 saturated carbocycles.